The molecule has 0 rings (SSSR count). The van der Waals surface area contributed by atoms with E-state index in [1.165, 1.54) is 0 Å². The minimum Gasteiger partial charge on any atom is -0.516 e. The Labute approximate surface area is 67.5 Å². The molecule has 0 saturated heterocycles. The number of aliphatic hydroxyl groups is 1. The topological polar surface area (TPSA) is 63.3 Å². The van der Waals surface area contributed by atoms with Crippen molar-refractivity contribution in [2.24, 2.45) is 5.73 Å². The van der Waals surface area contributed by atoms with Gasteiger partial charge in [0, 0.05) is 0 Å². The van der Waals surface area contributed by atoms with Gasteiger partial charge in [-0.3, -0.25) is 4.79 Å². The molecule has 3 heteroatoms. The molecule has 0 aliphatic heterocycles. The number of hydrogen-bond donors (Lipinski definition) is 2. The SMILES string of the molecule is C=CC.C=CC(N)=O.C=CO. The standard InChI is InChI=1S/C3H5NO.C3H6.C2H4O/c1-2-3(4)5;1-3-2;1-2-3/h2H,1H2,(H2,4,5);3H,1H2,2H3;2-3H,1H2. The van der Waals surface area contributed by atoms with E-state index in [1.54, 1.807) is 6.08 Å². The molecule has 0 bridgehead atoms. The van der Waals surface area contributed by atoms with Crippen molar-refractivity contribution in [1.29, 1.82) is 0 Å². The Hall–Kier alpha value is -1.51. The van der Waals surface area contributed by atoms with Crippen LogP contribution in [0.3, 0.4) is 0 Å². The van der Waals surface area contributed by atoms with Crippen LogP contribution in [0.15, 0.2) is 38.2 Å². The molecular formula is C8H15NO2. The van der Waals surface area contributed by atoms with Gasteiger partial charge in [0.25, 0.3) is 0 Å². The van der Waals surface area contributed by atoms with Gasteiger partial charge in [-0.25, -0.2) is 0 Å². The van der Waals surface area contributed by atoms with Gasteiger partial charge in [0.05, 0.1) is 6.26 Å². The molecule has 0 saturated carbocycles. The van der Waals surface area contributed by atoms with Gasteiger partial charge >= 0.3 is 0 Å². The van der Waals surface area contributed by atoms with E-state index in [-0.39, 0.29) is 0 Å². The predicted molar refractivity (Wildman–Crippen MR) is 48.1 cm³/mol. The van der Waals surface area contributed by atoms with E-state index in [2.05, 4.69) is 25.5 Å². The average Bonchev–Trinajstić information content (AvgIpc) is 1.91. The van der Waals surface area contributed by atoms with Gasteiger partial charge in [-0.2, -0.15) is 0 Å². The summed E-state index contributed by atoms with van der Waals surface area (Å²) in [5.74, 6) is -0.481. The van der Waals surface area contributed by atoms with Crippen molar-refractivity contribution < 1.29 is 9.90 Å². The predicted octanol–water partition coefficient (Wildman–Crippen LogP) is 1.54. The summed E-state index contributed by atoms with van der Waals surface area (Å²) in [5, 5.41) is 7.33. The van der Waals surface area contributed by atoms with Gasteiger partial charge in [-0.1, -0.05) is 19.2 Å². The summed E-state index contributed by atoms with van der Waals surface area (Å²) in [6.45, 7) is 11.3. The fourth-order valence-corrected chi connectivity index (χ4v) is 0. The maximum Gasteiger partial charge on any atom is 0.240 e. The van der Waals surface area contributed by atoms with Crippen LogP contribution in [-0.4, -0.2) is 11.0 Å². The van der Waals surface area contributed by atoms with Gasteiger partial charge in [0.15, 0.2) is 0 Å². The first-order valence-electron chi connectivity index (χ1n) is 2.84. The maximum atomic E-state index is 9.47. The molecule has 3 N–H and O–H groups in total. The average molecular weight is 157 g/mol. The third kappa shape index (κ3) is 1490. The molecule has 64 valence electrons. The monoisotopic (exact) mass is 157 g/mol. The first kappa shape index (κ1) is 16.2. The number of primary amides is 1. The summed E-state index contributed by atoms with van der Waals surface area (Å²) in [6, 6.07) is 0. The molecule has 0 fully saturated rings. The van der Waals surface area contributed by atoms with Crippen molar-refractivity contribution in [2.75, 3.05) is 0 Å². The van der Waals surface area contributed by atoms with Gasteiger partial charge < -0.3 is 10.8 Å². The van der Waals surface area contributed by atoms with Crippen LogP contribution < -0.4 is 5.73 Å². The zero-order chi connectivity index (χ0) is 9.70. The van der Waals surface area contributed by atoms with Gasteiger partial charge in [0.1, 0.15) is 0 Å². The van der Waals surface area contributed by atoms with E-state index in [0.29, 0.717) is 0 Å². The molecule has 0 spiro atoms. The summed E-state index contributed by atoms with van der Waals surface area (Å²) >= 11 is 0. The second-order valence-electron chi connectivity index (χ2n) is 1.20. The van der Waals surface area contributed by atoms with Crippen LogP contribution in [0.5, 0.6) is 0 Å². The van der Waals surface area contributed by atoms with E-state index in [4.69, 9.17) is 5.11 Å². The highest BCUT2D eigenvalue weighted by Crippen LogP contribution is 1.48. The van der Waals surface area contributed by atoms with Crippen LogP contribution in [0.4, 0.5) is 0 Å². The number of carbonyl (C=O) groups is 1. The highest BCUT2D eigenvalue weighted by Gasteiger charge is 1.69. The Kier molecular flexibility index (Phi) is 34.9. The van der Waals surface area contributed by atoms with Crippen molar-refractivity contribution in [3.8, 4) is 0 Å². The summed E-state index contributed by atoms with van der Waals surface area (Å²) in [4.78, 5) is 9.47. The summed E-state index contributed by atoms with van der Waals surface area (Å²) < 4.78 is 0. The van der Waals surface area contributed by atoms with Crippen molar-refractivity contribution in [2.45, 2.75) is 6.92 Å². The summed E-state index contributed by atoms with van der Waals surface area (Å²) in [5.41, 5.74) is 4.53. The van der Waals surface area contributed by atoms with E-state index >= 15 is 0 Å². The number of aliphatic hydroxyl groups excluding tert-OH is 1. The summed E-state index contributed by atoms with van der Waals surface area (Å²) in [6.07, 6.45) is 3.56. The second kappa shape index (κ2) is 23.6. The molecule has 0 aromatic carbocycles. The number of amides is 1. The summed E-state index contributed by atoms with van der Waals surface area (Å²) in [7, 11) is 0. The molecule has 0 unspecified atom stereocenters. The molecule has 11 heavy (non-hydrogen) atoms. The quantitative estimate of drug-likeness (QED) is 0.344. The molecule has 0 aromatic rings. The lowest BCUT2D eigenvalue weighted by Crippen LogP contribution is -2.04. The van der Waals surface area contributed by atoms with Crippen molar-refractivity contribution >= 4 is 5.91 Å². The lowest BCUT2D eigenvalue weighted by atomic mass is 10.6. The Morgan fingerprint density at radius 1 is 1.45 bits per heavy atom. The Morgan fingerprint density at radius 2 is 1.55 bits per heavy atom. The van der Waals surface area contributed by atoms with Crippen LogP contribution in [0.1, 0.15) is 6.92 Å². The van der Waals surface area contributed by atoms with Gasteiger partial charge in [0.2, 0.25) is 5.91 Å². The largest absolute Gasteiger partial charge is 0.516 e. The van der Waals surface area contributed by atoms with Crippen LogP contribution in [0, 0.1) is 0 Å². The van der Waals surface area contributed by atoms with Gasteiger partial charge in [-0.15, -0.1) is 6.58 Å². The zero-order valence-corrected chi connectivity index (χ0v) is 6.79. The minimum absolute atomic E-state index is 0.481. The molecule has 0 aliphatic rings. The van der Waals surface area contributed by atoms with Crippen molar-refractivity contribution in [3.05, 3.63) is 38.2 Å². The molecule has 1 amide bonds. The second-order valence-corrected chi connectivity index (χ2v) is 1.20. The van der Waals surface area contributed by atoms with Crippen molar-refractivity contribution in [1.82, 2.24) is 0 Å². The van der Waals surface area contributed by atoms with E-state index in [1.807, 2.05) is 6.92 Å². The normalized spacial score (nSPS) is 5.18. The van der Waals surface area contributed by atoms with Crippen LogP contribution in [0.2, 0.25) is 0 Å². The van der Waals surface area contributed by atoms with Crippen LogP contribution in [-0.2, 0) is 4.79 Å². The Balaban J connectivity index is -0.0000000933. The van der Waals surface area contributed by atoms with E-state index < -0.39 is 5.91 Å². The molecule has 0 aliphatic carbocycles. The Morgan fingerprint density at radius 3 is 1.55 bits per heavy atom. The highest BCUT2D eigenvalue weighted by molar-refractivity contribution is 5.84. The van der Waals surface area contributed by atoms with Gasteiger partial charge in [-0.05, 0) is 13.0 Å². The minimum atomic E-state index is -0.481. The fourth-order valence-electron chi connectivity index (χ4n) is 0. The first-order chi connectivity index (χ1) is 5.10. The molecule has 0 aromatic heterocycles. The lowest BCUT2D eigenvalue weighted by molar-refractivity contribution is -0.113. The maximum absolute atomic E-state index is 9.47. The number of nitrogens with two attached hydrogens (primary N) is 1. The molecule has 0 atom stereocenters. The molecule has 0 radical (unpaired) electrons. The Bertz CT molecular complexity index is 113. The van der Waals surface area contributed by atoms with Crippen LogP contribution in [0.25, 0.3) is 0 Å². The zero-order valence-electron chi connectivity index (χ0n) is 6.79. The lowest BCUT2D eigenvalue weighted by Gasteiger charge is -1.65. The van der Waals surface area contributed by atoms with Crippen LogP contribution >= 0.6 is 0 Å². The third-order valence-corrected chi connectivity index (χ3v) is 0.201. The molecule has 3 nitrogen and oxygen atoms in total. The number of rotatable bonds is 1. The van der Waals surface area contributed by atoms with E-state index in [0.717, 1.165) is 12.3 Å². The molecular weight excluding hydrogens is 142 g/mol. The molecule has 0 heterocycles. The number of allylic oxidation sites excluding steroid dienone is 1. The third-order valence-electron chi connectivity index (χ3n) is 0.201. The number of hydrogen-bond acceptors (Lipinski definition) is 2. The fraction of sp³-hybridized carbons (Fsp3) is 0.125. The van der Waals surface area contributed by atoms with E-state index in [9.17, 15) is 4.79 Å². The number of carbonyl (C=O) groups excluding carboxylic acids is 1. The highest BCUT2D eigenvalue weighted by atomic mass is 16.2. The first-order valence-corrected chi connectivity index (χ1v) is 2.84. The smallest absolute Gasteiger partial charge is 0.240 e. The van der Waals surface area contributed by atoms with Crippen molar-refractivity contribution in [3.63, 3.8) is 0 Å².